The van der Waals surface area contributed by atoms with Crippen molar-refractivity contribution in [2.75, 3.05) is 10.0 Å². The predicted molar refractivity (Wildman–Crippen MR) is 117 cm³/mol. The summed E-state index contributed by atoms with van der Waals surface area (Å²) in [6, 6.07) is 13.9. The number of sulfonamides is 1. The number of benzene rings is 3. The highest BCUT2D eigenvalue weighted by Gasteiger charge is 2.21. The largest absolute Gasteiger partial charge is 0.478 e. The number of anilines is 2. The summed E-state index contributed by atoms with van der Waals surface area (Å²) in [5, 5.41) is 22.5. The minimum absolute atomic E-state index is 0.00375. The van der Waals surface area contributed by atoms with E-state index in [-0.39, 0.29) is 38.1 Å². The number of nitrogens with one attached hydrogen (secondary N) is 2. The van der Waals surface area contributed by atoms with Crippen molar-refractivity contribution in [3.8, 4) is 0 Å². The van der Waals surface area contributed by atoms with Gasteiger partial charge in [-0.3, -0.25) is 19.6 Å². The van der Waals surface area contributed by atoms with E-state index < -0.39 is 26.8 Å². The maximum atomic E-state index is 12.7. The number of nitro benzene ring substituents is 1. The van der Waals surface area contributed by atoms with Gasteiger partial charge in [-0.2, -0.15) is 0 Å². The van der Waals surface area contributed by atoms with E-state index in [1.165, 1.54) is 48.5 Å². The molecule has 1 amide bonds. The van der Waals surface area contributed by atoms with E-state index in [2.05, 4.69) is 10.0 Å². The number of nitro groups is 1. The molecule has 32 heavy (non-hydrogen) atoms. The van der Waals surface area contributed by atoms with Crippen LogP contribution in [0.2, 0.25) is 5.02 Å². The molecule has 164 valence electrons. The van der Waals surface area contributed by atoms with Crippen LogP contribution < -0.4 is 10.0 Å². The Kier molecular flexibility index (Phi) is 6.42. The molecule has 0 heterocycles. The monoisotopic (exact) mass is 475 g/mol. The molecule has 10 nitrogen and oxygen atoms in total. The van der Waals surface area contributed by atoms with Gasteiger partial charge in [0.2, 0.25) is 0 Å². The van der Waals surface area contributed by atoms with Gasteiger partial charge in [0.1, 0.15) is 0 Å². The Hall–Kier alpha value is -3.96. The number of nitrogens with zero attached hydrogens (tertiary/aromatic N) is 1. The van der Waals surface area contributed by atoms with Gasteiger partial charge in [0.15, 0.2) is 0 Å². The Labute approximate surface area is 186 Å². The Morgan fingerprint density at radius 2 is 1.69 bits per heavy atom. The van der Waals surface area contributed by atoms with Crippen molar-refractivity contribution in [3.63, 3.8) is 0 Å². The Bertz CT molecular complexity index is 1340. The summed E-state index contributed by atoms with van der Waals surface area (Å²) < 4.78 is 27.7. The Balaban J connectivity index is 1.91. The van der Waals surface area contributed by atoms with E-state index in [1.807, 2.05) is 0 Å². The lowest BCUT2D eigenvalue weighted by molar-refractivity contribution is -0.384. The summed E-state index contributed by atoms with van der Waals surface area (Å²) in [5.41, 5.74) is -0.722. The average molecular weight is 476 g/mol. The molecule has 0 spiro atoms. The van der Waals surface area contributed by atoms with E-state index in [0.717, 1.165) is 18.2 Å². The zero-order valence-corrected chi connectivity index (χ0v) is 17.6. The molecule has 3 rings (SSSR count). The quantitative estimate of drug-likeness (QED) is 0.344. The molecule has 0 aromatic heterocycles. The number of para-hydroxylation sites is 1. The van der Waals surface area contributed by atoms with Crippen LogP contribution in [-0.2, 0) is 10.0 Å². The standard InChI is InChI=1S/C20H14ClN3O7S/c21-17-9-8-14(32(30,31)23-12-4-3-5-13(10-12)24(28)29)11-16(17)19(25)22-18-7-2-1-6-15(18)20(26)27/h1-11,23H,(H,22,25)(H,26,27). The number of carboxylic acid groups (broad SMARTS) is 1. The highest BCUT2D eigenvalue weighted by atomic mass is 35.5. The van der Waals surface area contributed by atoms with Crippen LogP contribution in [0.5, 0.6) is 0 Å². The predicted octanol–water partition coefficient (Wildman–Crippen LogP) is 4.00. The minimum Gasteiger partial charge on any atom is -0.478 e. The number of amides is 1. The molecule has 0 bridgehead atoms. The number of aromatic carboxylic acids is 1. The van der Waals surface area contributed by atoms with Gasteiger partial charge in [-0.25, -0.2) is 13.2 Å². The van der Waals surface area contributed by atoms with Crippen molar-refractivity contribution < 1.29 is 28.0 Å². The van der Waals surface area contributed by atoms with Crippen LogP contribution in [0.25, 0.3) is 0 Å². The highest BCUT2D eigenvalue weighted by molar-refractivity contribution is 7.92. The summed E-state index contributed by atoms with van der Waals surface area (Å²) in [6.45, 7) is 0. The second-order valence-corrected chi connectivity index (χ2v) is 8.45. The van der Waals surface area contributed by atoms with Crippen LogP contribution in [0, 0.1) is 10.1 Å². The number of halogens is 1. The molecule has 3 aromatic carbocycles. The number of hydrogen-bond donors (Lipinski definition) is 3. The maximum Gasteiger partial charge on any atom is 0.337 e. The van der Waals surface area contributed by atoms with Crippen LogP contribution in [0.15, 0.2) is 71.6 Å². The molecule has 12 heteroatoms. The zero-order valence-electron chi connectivity index (χ0n) is 16.0. The van der Waals surface area contributed by atoms with E-state index in [9.17, 15) is 33.2 Å². The fourth-order valence-electron chi connectivity index (χ4n) is 2.71. The lowest BCUT2D eigenvalue weighted by atomic mass is 10.1. The van der Waals surface area contributed by atoms with Crippen molar-refractivity contribution in [2.24, 2.45) is 0 Å². The minimum atomic E-state index is -4.23. The molecule has 0 aliphatic carbocycles. The number of carboxylic acids is 1. The van der Waals surface area contributed by atoms with Crippen molar-refractivity contribution in [2.45, 2.75) is 4.90 Å². The summed E-state index contributed by atoms with van der Waals surface area (Å²) in [4.78, 5) is 33.9. The van der Waals surface area contributed by atoms with Crippen LogP contribution in [-0.4, -0.2) is 30.3 Å². The molecular weight excluding hydrogens is 462 g/mol. The van der Waals surface area contributed by atoms with E-state index in [1.54, 1.807) is 0 Å². The van der Waals surface area contributed by atoms with Gasteiger partial charge in [0, 0.05) is 12.1 Å². The van der Waals surface area contributed by atoms with Gasteiger partial charge in [-0.15, -0.1) is 0 Å². The van der Waals surface area contributed by atoms with Crippen molar-refractivity contribution >= 4 is 50.6 Å². The zero-order chi connectivity index (χ0) is 23.5. The summed E-state index contributed by atoms with van der Waals surface area (Å²) in [6.07, 6.45) is 0. The van der Waals surface area contributed by atoms with Crippen LogP contribution in [0.4, 0.5) is 17.1 Å². The molecule has 0 unspecified atom stereocenters. The first-order valence-corrected chi connectivity index (χ1v) is 10.6. The second kappa shape index (κ2) is 9.04. The van der Waals surface area contributed by atoms with Gasteiger partial charge >= 0.3 is 5.97 Å². The molecule has 0 aliphatic rings. The normalized spacial score (nSPS) is 10.9. The van der Waals surface area contributed by atoms with E-state index in [0.29, 0.717) is 0 Å². The Morgan fingerprint density at radius 3 is 2.38 bits per heavy atom. The third-order valence-corrected chi connectivity index (χ3v) is 5.92. The summed E-state index contributed by atoms with van der Waals surface area (Å²) in [7, 11) is -4.23. The number of hydrogen-bond acceptors (Lipinski definition) is 6. The van der Waals surface area contributed by atoms with Crippen LogP contribution in [0.1, 0.15) is 20.7 Å². The fourth-order valence-corrected chi connectivity index (χ4v) is 3.99. The first kappa shape index (κ1) is 22.7. The molecule has 0 aliphatic heterocycles. The molecule has 0 atom stereocenters. The second-order valence-electron chi connectivity index (χ2n) is 6.36. The van der Waals surface area contributed by atoms with Crippen molar-refractivity contribution in [1.29, 1.82) is 0 Å². The summed E-state index contributed by atoms with van der Waals surface area (Å²) in [5.74, 6) is -2.08. The van der Waals surface area contributed by atoms with Crippen molar-refractivity contribution in [1.82, 2.24) is 0 Å². The third kappa shape index (κ3) is 5.02. The molecule has 0 radical (unpaired) electrons. The third-order valence-electron chi connectivity index (χ3n) is 4.21. The molecule has 0 saturated heterocycles. The Morgan fingerprint density at radius 1 is 0.969 bits per heavy atom. The topological polar surface area (TPSA) is 156 Å². The number of rotatable bonds is 7. The van der Waals surface area contributed by atoms with Gasteiger partial charge < -0.3 is 10.4 Å². The van der Waals surface area contributed by atoms with Crippen LogP contribution >= 0.6 is 11.6 Å². The van der Waals surface area contributed by atoms with Gasteiger partial charge in [0.05, 0.1) is 37.3 Å². The number of carbonyl (C=O) groups is 2. The molecule has 0 fully saturated rings. The van der Waals surface area contributed by atoms with Gasteiger partial charge in [-0.05, 0) is 36.4 Å². The highest BCUT2D eigenvalue weighted by Crippen LogP contribution is 2.25. The number of non-ortho nitro benzene ring substituents is 1. The van der Waals surface area contributed by atoms with Crippen LogP contribution in [0.3, 0.4) is 0 Å². The van der Waals surface area contributed by atoms with E-state index >= 15 is 0 Å². The SMILES string of the molecule is O=C(Nc1ccccc1C(=O)O)c1cc(S(=O)(=O)Nc2cccc([N+](=O)[O-])c2)ccc1Cl. The molecular formula is C20H14ClN3O7S. The molecule has 3 N–H and O–H groups in total. The fraction of sp³-hybridized carbons (Fsp3) is 0. The average Bonchev–Trinajstić information content (AvgIpc) is 2.74. The van der Waals surface area contributed by atoms with Gasteiger partial charge in [-0.1, -0.05) is 29.8 Å². The van der Waals surface area contributed by atoms with E-state index in [4.69, 9.17) is 11.6 Å². The lowest BCUT2D eigenvalue weighted by Gasteiger charge is -2.12. The van der Waals surface area contributed by atoms with Crippen molar-refractivity contribution in [3.05, 3.63) is 93.0 Å². The lowest BCUT2D eigenvalue weighted by Crippen LogP contribution is -2.17. The smallest absolute Gasteiger partial charge is 0.337 e. The maximum absolute atomic E-state index is 12.7. The summed E-state index contributed by atoms with van der Waals surface area (Å²) >= 11 is 6.06. The van der Waals surface area contributed by atoms with Gasteiger partial charge in [0.25, 0.3) is 21.6 Å². The first-order chi connectivity index (χ1) is 15.1. The first-order valence-electron chi connectivity index (χ1n) is 8.79. The molecule has 3 aromatic rings. The number of carbonyl (C=O) groups excluding carboxylic acids is 1. The molecule has 0 saturated carbocycles.